The van der Waals surface area contributed by atoms with Gasteiger partial charge in [0.15, 0.2) is 11.5 Å². The molecule has 0 aromatic heterocycles. The minimum absolute atomic E-state index is 0.0657. The molecule has 3 rings (SSSR count). The summed E-state index contributed by atoms with van der Waals surface area (Å²) in [5.41, 5.74) is 2.24. The number of carbonyl (C=O) groups is 2. The van der Waals surface area contributed by atoms with Crippen LogP contribution in [0.4, 0.5) is 0 Å². The van der Waals surface area contributed by atoms with Gasteiger partial charge in [0.2, 0.25) is 0 Å². The highest BCUT2D eigenvalue weighted by Gasteiger charge is 2.46. The van der Waals surface area contributed by atoms with E-state index in [1.807, 2.05) is 39.0 Å². The van der Waals surface area contributed by atoms with E-state index in [2.05, 4.69) is 0 Å². The number of amides is 1. The Balaban J connectivity index is 2.13. The predicted molar refractivity (Wildman–Crippen MR) is 130 cm³/mol. The van der Waals surface area contributed by atoms with E-state index in [-0.39, 0.29) is 11.3 Å². The first-order valence-electron chi connectivity index (χ1n) is 11.7. The SMILES string of the molecule is CCCOc1ccc(C2C(=C(O)c3ccc(C)cc3)C(=O)C(=O)N2CCCOC)cc1OCC. The molecule has 0 aliphatic carbocycles. The first-order chi connectivity index (χ1) is 16.4. The average molecular weight is 468 g/mol. The Hall–Kier alpha value is -3.32. The molecule has 1 saturated heterocycles. The zero-order valence-corrected chi connectivity index (χ0v) is 20.3. The van der Waals surface area contributed by atoms with Crippen LogP contribution < -0.4 is 9.47 Å². The molecular weight excluding hydrogens is 434 g/mol. The zero-order chi connectivity index (χ0) is 24.7. The lowest BCUT2D eigenvalue weighted by molar-refractivity contribution is -0.140. The number of aliphatic hydroxyl groups is 1. The summed E-state index contributed by atoms with van der Waals surface area (Å²) in [7, 11) is 1.59. The van der Waals surface area contributed by atoms with Crippen LogP contribution in [0.15, 0.2) is 48.0 Å². The summed E-state index contributed by atoms with van der Waals surface area (Å²) in [6, 6.07) is 11.8. The molecule has 182 valence electrons. The van der Waals surface area contributed by atoms with Gasteiger partial charge in [0, 0.05) is 25.8 Å². The Bertz CT molecular complexity index is 1040. The Morgan fingerprint density at radius 1 is 1.00 bits per heavy atom. The monoisotopic (exact) mass is 467 g/mol. The lowest BCUT2D eigenvalue weighted by atomic mass is 9.94. The van der Waals surface area contributed by atoms with Crippen LogP contribution in [0.5, 0.6) is 11.5 Å². The molecule has 1 aliphatic rings. The second kappa shape index (κ2) is 11.7. The second-order valence-corrected chi connectivity index (χ2v) is 8.19. The quantitative estimate of drug-likeness (QED) is 0.224. The highest BCUT2D eigenvalue weighted by molar-refractivity contribution is 6.46. The second-order valence-electron chi connectivity index (χ2n) is 8.19. The fourth-order valence-corrected chi connectivity index (χ4v) is 4.00. The van der Waals surface area contributed by atoms with Gasteiger partial charge in [-0.15, -0.1) is 0 Å². The van der Waals surface area contributed by atoms with E-state index in [1.165, 1.54) is 4.90 Å². The van der Waals surface area contributed by atoms with Crippen LogP contribution in [-0.4, -0.2) is 55.2 Å². The minimum atomic E-state index is -0.752. The van der Waals surface area contributed by atoms with Crippen molar-refractivity contribution in [2.45, 2.75) is 39.7 Å². The van der Waals surface area contributed by atoms with Crippen molar-refractivity contribution in [3.05, 3.63) is 64.7 Å². The van der Waals surface area contributed by atoms with Crippen LogP contribution in [0.2, 0.25) is 0 Å². The molecule has 2 aromatic carbocycles. The minimum Gasteiger partial charge on any atom is -0.507 e. The maximum absolute atomic E-state index is 13.1. The summed E-state index contributed by atoms with van der Waals surface area (Å²) in [6.07, 6.45) is 1.41. The number of nitrogens with zero attached hydrogens (tertiary/aromatic N) is 1. The standard InChI is InChI=1S/C27H33NO6/c1-5-15-34-21-13-12-20(17-22(21)33-6-2)24-23(25(29)19-10-8-18(3)9-11-19)26(30)27(31)28(24)14-7-16-32-4/h8-13,17,24,29H,5-7,14-16H2,1-4H3. The molecule has 1 amide bonds. The largest absolute Gasteiger partial charge is 0.507 e. The Morgan fingerprint density at radius 2 is 1.74 bits per heavy atom. The molecule has 0 spiro atoms. The van der Waals surface area contributed by atoms with E-state index in [9.17, 15) is 14.7 Å². The normalized spacial score (nSPS) is 17.3. The molecule has 0 bridgehead atoms. The number of ketones is 1. The highest BCUT2D eigenvalue weighted by Crippen LogP contribution is 2.42. The van der Waals surface area contributed by atoms with Crippen molar-refractivity contribution < 1.29 is 28.9 Å². The molecule has 1 unspecified atom stereocenters. The fourth-order valence-electron chi connectivity index (χ4n) is 4.00. The molecule has 1 N–H and O–H groups in total. The van der Waals surface area contributed by atoms with Crippen molar-refractivity contribution in [1.29, 1.82) is 0 Å². The number of carbonyl (C=O) groups excluding carboxylic acids is 2. The van der Waals surface area contributed by atoms with Gasteiger partial charge in [0.05, 0.1) is 24.8 Å². The van der Waals surface area contributed by atoms with Crippen LogP contribution in [0.3, 0.4) is 0 Å². The fraction of sp³-hybridized carbons (Fsp3) is 0.407. The van der Waals surface area contributed by atoms with Crippen LogP contribution >= 0.6 is 0 Å². The van der Waals surface area contributed by atoms with Gasteiger partial charge < -0.3 is 24.2 Å². The number of hydrogen-bond acceptors (Lipinski definition) is 6. The van der Waals surface area contributed by atoms with Gasteiger partial charge in [-0.25, -0.2) is 0 Å². The van der Waals surface area contributed by atoms with Crippen molar-refractivity contribution in [1.82, 2.24) is 4.90 Å². The lowest BCUT2D eigenvalue weighted by Gasteiger charge is -2.26. The molecule has 1 fully saturated rings. The first-order valence-corrected chi connectivity index (χ1v) is 11.7. The van der Waals surface area contributed by atoms with Gasteiger partial charge in [-0.3, -0.25) is 9.59 Å². The number of likely N-dealkylation sites (tertiary alicyclic amines) is 1. The molecule has 1 atom stereocenters. The van der Waals surface area contributed by atoms with Crippen LogP contribution in [0, 0.1) is 6.92 Å². The van der Waals surface area contributed by atoms with Crippen molar-refractivity contribution in [2.24, 2.45) is 0 Å². The van der Waals surface area contributed by atoms with Gasteiger partial charge in [0.1, 0.15) is 5.76 Å². The molecule has 7 heteroatoms. The van der Waals surface area contributed by atoms with Gasteiger partial charge in [-0.1, -0.05) is 42.8 Å². The van der Waals surface area contributed by atoms with Gasteiger partial charge >= 0.3 is 0 Å². The molecular formula is C27H33NO6. The maximum atomic E-state index is 13.1. The molecule has 0 saturated carbocycles. The van der Waals surface area contributed by atoms with Crippen LogP contribution in [0.25, 0.3) is 5.76 Å². The summed E-state index contributed by atoms with van der Waals surface area (Å²) < 4.78 is 16.8. The first kappa shape index (κ1) is 25.3. The number of Topliss-reactive ketones (excluding diaryl/α,β-unsaturated/α-hetero) is 1. The molecule has 1 aliphatic heterocycles. The van der Waals surface area contributed by atoms with Crippen molar-refractivity contribution >= 4 is 17.4 Å². The van der Waals surface area contributed by atoms with Gasteiger partial charge in [-0.2, -0.15) is 0 Å². The van der Waals surface area contributed by atoms with Crippen molar-refractivity contribution in [2.75, 3.05) is 33.5 Å². The van der Waals surface area contributed by atoms with E-state index >= 15 is 0 Å². The number of aryl methyl sites for hydroxylation is 1. The summed E-state index contributed by atoms with van der Waals surface area (Å²) >= 11 is 0. The highest BCUT2D eigenvalue weighted by atomic mass is 16.5. The topological polar surface area (TPSA) is 85.3 Å². The van der Waals surface area contributed by atoms with Crippen LogP contribution in [-0.2, 0) is 14.3 Å². The van der Waals surface area contributed by atoms with E-state index in [4.69, 9.17) is 14.2 Å². The zero-order valence-electron chi connectivity index (χ0n) is 20.3. The van der Waals surface area contributed by atoms with Gasteiger partial charge in [0.25, 0.3) is 11.7 Å². The number of rotatable bonds is 11. The Kier molecular flexibility index (Phi) is 8.71. The molecule has 1 heterocycles. The van der Waals surface area contributed by atoms with E-state index in [1.54, 1.807) is 31.4 Å². The number of ether oxygens (including phenoxy) is 3. The smallest absolute Gasteiger partial charge is 0.295 e. The maximum Gasteiger partial charge on any atom is 0.295 e. The molecule has 0 radical (unpaired) electrons. The summed E-state index contributed by atoms with van der Waals surface area (Å²) in [5, 5.41) is 11.2. The number of methoxy groups -OCH3 is 1. The van der Waals surface area contributed by atoms with E-state index in [0.717, 1.165) is 12.0 Å². The van der Waals surface area contributed by atoms with Crippen LogP contribution in [0.1, 0.15) is 49.4 Å². The predicted octanol–water partition coefficient (Wildman–Crippen LogP) is 4.64. The van der Waals surface area contributed by atoms with E-state index in [0.29, 0.717) is 55.4 Å². The molecule has 7 nitrogen and oxygen atoms in total. The Morgan fingerprint density at radius 3 is 2.38 bits per heavy atom. The number of hydrogen-bond donors (Lipinski definition) is 1. The molecule has 2 aromatic rings. The Labute approximate surface area is 200 Å². The van der Waals surface area contributed by atoms with E-state index < -0.39 is 17.7 Å². The summed E-state index contributed by atoms with van der Waals surface area (Å²) in [6.45, 7) is 7.58. The average Bonchev–Trinajstić information content (AvgIpc) is 3.08. The molecule has 34 heavy (non-hydrogen) atoms. The third-order valence-corrected chi connectivity index (χ3v) is 5.66. The van der Waals surface area contributed by atoms with Crippen molar-refractivity contribution in [3.63, 3.8) is 0 Å². The third-order valence-electron chi connectivity index (χ3n) is 5.66. The third kappa shape index (κ3) is 5.42. The van der Waals surface area contributed by atoms with Gasteiger partial charge in [-0.05, 0) is 44.4 Å². The number of aliphatic hydroxyl groups excluding tert-OH is 1. The lowest BCUT2D eigenvalue weighted by Crippen LogP contribution is -2.31. The van der Waals surface area contributed by atoms with Crippen molar-refractivity contribution in [3.8, 4) is 11.5 Å². The summed E-state index contributed by atoms with van der Waals surface area (Å²) in [4.78, 5) is 27.7. The number of benzene rings is 2. The summed E-state index contributed by atoms with van der Waals surface area (Å²) in [5.74, 6) is -0.403.